The van der Waals surface area contributed by atoms with Gasteiger partial charge in [0.25, 0.3) is 0 Å². The number of hydrogen-bond acceptors (Lipinski definition) is 3. The van der Waals surface area contributed by atoms with Crippen molar-refractivity contribution in [3.8, 4) is 0 Å². The summed E-state index contributed by atoms with van der Waals surface area (Å²) >= 11 is 1.58. The van der Waals surface area contributed by atoms with Gasteiger partial charge in [0, 0.05) is 4.90 Å². The highest BCUT2D eigenvalue weighted by Crippen LogP contribution is 2.35. The van der Waals surface area contributed by atoms with Crippen molar-refractivity contribution in [2.75, 3.05) is 13.2 Å². The second-order valence-electron chi connectivity index (χ2n) is 4.72. The molecule has 0 radical (unpaired) electrons. The quantitative estimate of drug-likeness (QED) is 0.587. The van der Waals surface area contributed by atoms with E-state index >= 15 is 0 Å². The van der Waals surface area contributed by atoms with Crippen molar-refractivity contribution in [2.24, 2.45) is 0 Å². The van der Waals surface area contributed by atoms with Gasteiger partial charge in [0.1, 0.15) is 5.76 Å². The van der Waals surface area contributed by atoms with E-state index in [-0.39, 0.29) is 5.25 Å². The maximum Gasteiger partial charge on any atom is 0.354 e. The maximum atomic E-state index is 9.48. The van der Waals surface area contributed by atoms with Crippen LogP contribution in [0.1, 0.15) is 20.8 Å². The van der Waals surface area contributed by atoms with Gasteiger partial charge in [0.2, 0.25) is 5.76 Å². The van der Waals surface area contributed by atoms with Crippen molar-refractivity contribution in [2.45, 2.75) is 30.9 Å². The van der Waals surface area contributed by atoms with Crippen molar-refractivity contribution < 1.29 is 14.3 Å². The van der Waals surface area contributed by atoms with Gasteiger partial charge < -0.3 is 15.0 Å². The first kappa shape index (κ1) is 16.4. The molecule has 1 aliphatic carbocycles. The zero-order valence-corrected chi connectivity index (χ0v) is 13.9. The average Bonchev–Trinajstić information content (AvgIpc) is 2.52. The number of ether oxygens (including phenoxy) is 2. The van der Waals surface area contributed by atoms with Gasteiger partial charge in [0.15, 0.2) is 5.25 Å². The molecule has 0 aromatic heterocycles. The van der Waals surface area contributed by atoms with Crippen LogP contribution in [-0.2, 0) is 9.47 Å². The summed E-state index contributed by atoms with van der Waals surface area (Å²) in [5, 5.41) is -0.223. The molecule has 1 aliphatic rings. The van der Waals surface area contributed by atoms with Crippen LogP contribution in [0.4, 0.5) is 0 Å². The molecule has 22 heavy (non-hydrogen) atoms. The van der Waals surface area contributed by atoms with Crippen LogP contribution in [0.2, 0.25) is 0 Å². The third kappa shape index (κ3) is 3.62. The molecule has 2 rings (SSSR count). The van der Waals surface area contributed by atoms with Gasteiger partial charge in [0.05, 0.1) is 13.2 Å². The normalized spacial score (nSPS) is 17.9. The summed E-state index contributed by atoms with van der Waals surface area (Å²) in [6.45, 7) is 6.92. The molecule has 1 aromatic carbocycles. The number of allylic oxidation sites excluding steroid dienone is 3. The fourth-order valence-corrected chi connectivity index (χ4v) is 3.49. The third-order valence-corrected chi connectivity index (χ3v) is 4.40. The highest BCUT2D eigenvalue weighted by atomic mass is 32.2. The van der Waals surface area contributed by atoms with Crippen molar-refractivity contribution in [3.63, 3.8) is 0 Å². The number of nitrogens with zero attached hydrogens (tertiary/aromatic N) is 2. The van der Waals surface area contributed by atoms with E-state index in [2.05, 4.69) is 4.79 Å². The average molecular weight is 316 g/mol. The Morgan fingerprint density at radius 2 is 1.82 bits per heavy atom. The van der Waals surface area contributed by atoms with Gasteiger partial charge in [-0.3, -0.25) is 0 Å². The summed E-state index contributed by atoms with van der Waals surface area (Å²) in [6, 6.07) is 9.99. The summed E-state index contributed by atoms with van der Waals surface area (Å²) < 4.78 is 11.4. The number of rotatable bonds is 6. The summed E-state index contributed by atoms with van der Waals surface area (Å²) in [7, 11) is 0. The van der Waals surface area contributed by atoms with Gasteiger partial charge in [-0.25, -0.2) is 0 Å². The molecule has 0 spiro atoms. The first-order valence-corrected chi connectivity index (χ1v) is 8.21. The Bertz CT molecular complexity index is 631. The van der Waals surface area contributed by atoms with E-state index in [0.717, 1.165) is 16.2 Å². The Balaban J connectivity index is 2.41. The Morgan fingerprint density at radius 1 is 1.14 bits per heavy atom. The number of benzene rings is 1. The molecule has 1 unspecified atom stereocenters. The van der Waals surface area contributed by atoms with Crippen LogP contribution in [0.5, 0.6) is 0 Å². The van der Waals surface area contributed by atoms with Gasteiger partial charge >= 0.3 is 5.71 Å². The fourth-order valence-electron chi connectivity index (χ4n) is 2.26. The minimum Gasteiger partial charge on any atom is -0.496 e. The first-order valence-electron chi connectivity index (χ1n) is 7.33. The Kier molecular flexibility index (Phi) is 5.87. The molecule has 0 N–H and O–H groups in total. The molecular formula is C17H20N2O2S. The highest BCUT2D eigenvalue weighted by Gasteiger charge is 2.38. The molecule has 0 amide bonds. The Labute approximate surface area is 135 Å². The zero-order valence-electron chi connectivity index (χ0n) is 13.1. The second-order valence-corrected chi connectivity index (χ2v) is 5.90. The molecule has 0 saturated carbocycles. The molecule has 0 bridgehead atoms. The largest absolute Gasteiger partial charge is 0.496 e. The van der Waals surface area contributed by atoms with Crippen LogP contribution in [0, 0.1) is 0 Å². The molecule has 116 valence electrons. The SMILES string of the molecule is CCOC1=CC(C)=C(OCC)C(Sc2ccccc2)C1=[N+]=[N-]. The molecule has 4 nitrogen and oxygen atoms in total. The standard InChI is InChI=1S/C17H20N2O2S/c1-4-20-14-11-12(3)16(21-5-2)17(15(14)19-18)22-13-9-7-6-8-10-13/h6-11,17H,4-5H2,1-3H3. The molecule has 0 heterocycles. The summed E-state index contributed by atoms with van der Waals surface area (Å²) in [4.78, 5) is 4.56. The lowest BCUT2D eigenvalue weighted by Crippen LogP contribution is -2.29. The molecule has 0 fully saturated rings. The molecule has 1 aromatic rings. The summed E-state index contributed by atoms with van der Waals surface area (Å²) in [6.07, 6.45) is 1.87. The first-order chi connectivity index (χ1) is 10.7. The lowest BCUT2D eigenvalue weighted by Gasteiger charge is -2.23. The number of thioether (sulfide) groups is 1. The van der Waals surface area contributed by atoms with Gasteiger partial charge in [-0.15, -0.1) is 11.8 Å². The highest BCUT2D eigenvalue weighted by molar-refractivity contribution is 8.00. The van der Waals surface area contributed by atoms with E-state index in [4.69, 9.17) is 9.47 Å². The summed E-state index contributed by atoms with van der Waals surface area (Å²) in [5.41, 5.74) is 11.0. The van der Waals surface area contributed by atoms with Gasteiger partial charge in [-0.05, 0) is 44.6 Å². The van der Waals surface area contributed by atoms with Crippen LogP contribution in [0.3, 0.4) is 0 Å². The Morgan fingerprint density at radius 3 is 2.41 bits per heavy atom. The fraction of sp³-hybridized carbons (Fsp3) is 0.353. The van der Waals surface area contributed by atoms with Crippen LogP contribution in [0.25, 0.3) is 5.53 Å². The lowest BCUT2D eigenvalue weighted by molar-refractivity contribution is -0.0129. The van der Waals surface area contributed by atoms with E-state index in [1.807, 2.05) is 57.2 Å². The molecule has 0 aliphatic heterocycles. The lowest BCUT2D eigenvalue weighted by atomic mass is 10.0. The molecular weight excluding hydrogens is 296 g/mol. The van der Waals surface area contributed by atoms with Crippen LogP contribution < -0.4 is 0 Å². The molecule has 5 heteroatoms. The van der Waals surface area contributed by atoms with E-state index < -0.39 is 0 Å². The maximum absolute atomic E-state index is 9.48. The Hall–Kier alpha value is -1.97. The molecule has 0 saturated heterocycles. The van der Waals surface area contributed by atoms with Crippen LogP contribution in [-0.4, -0.2) is 29.0 Å². The topological polar surface area (TPSA) is 54.9 Å². The van der Waals surface area contributed by atoms with Crippen molar-refractivity contribution in [1.29, 1.82) is 0 Å². The van der Waals surface area contributed by atoms with E-state index in [9.17, 15) is 5.53 Å². The van der Waals surface area contributed by atoms with Crippen LogP contribution in [0.15, 0.2) is 58.4 Å². The van der Waals surface area contributed by atoms with Crippen molar-refractivity contribution >= 4 is 17.5 Å². The minimum absolute atomic E-state index is 0.223. The van der Waals surface area contributed by atoms with Crippen molar-refractivity contribution in [1.82, 2.24) is 0 Å². The smallest absolute Gasteiger partial charge is 0.354 e. The van der Waals surface area contributed by atoms with Gasteiger partial charge in [-0.2, -0.15) is 4.79 Å². The monoisotopic (exact) mass is 316 g/mol. The third-order valence-electron chi connectivity index (χ3n) is 3.18. The zero-order chi connectivity index (χ0) is 15.9. The van der Waals surface area contributed by atoms with Crippen LogP contribution >= 0.6 is 11.8 Å². The second kappa shape index (κ2) is 7.87. The predicted octanol–water partition coefficient (Wildman–Crippen LogP) is 4.06. The minimum atomic E-state index is -0.223. The van der Waals surface area contributed by atoms with Gasteiger partial charge in [-0.1, -0.05) is 18.2 Å². The van der Waals surface area contributed by atoms with E-state index in [1.54, 1.807) is 11.8 Å². The number of hydrogen-bond donors (Lipinski definition) is 0. The predicted molar refractivity (Wildman–Crippen MR) is 88.7 cm³/mol. The molecule has 1 atom stereocenters. The van der Waals surface area contributed by atoms with E-state index in [1.165, 1.54) is 0 Å². The van der Waals surface area contributed by atoms with E-state index in [0.29, 0.717) is 24.7 Å². The summed E-state index contributed by atoms with van der Waals surface area (Å²) in [5.74, 6) is 1.41. The van der Waals surface area contributed by atoms with Crippen molar-refractivity contribution in [3.05, 3.63) is 59.0 Å².